The monoisotopic (exact) mass is 331 g/mol. The molecule has 1 aliphatic carbocycles. The smallest absolute Gasteiger partial charge is 0.317 e. The Morgan fingerprint density at radius 3 is 2.58 bits per heavy atom. The summed E-state index contributed by atoms with van der Waals surface area (Å²) in [6.45, 7) is 4.88. The molecule has 1 heterocycles. The molecule has 0 radical (unpaired) electrons. The first-order chi connectivity index (χ1) is 11.6. The number of hydrogen-bond acceptors (Lipinski definition) is 3. The minimum atomic E-state index is 0.0216. The van der Waals surface area contributed by atoms with Gasteiger partial charge in [0.2, 0.25) is 0 Å². The summed E-state index contributed by atoms with van der Waals surface area (Å²) in [6, 6.07) is 7.23. The number of nitrogens with one attached hydrogen (secondary N) is 1. The number of carbonyl (C=O) groups excluding carboxylic acids is 1. The quantitative estimate of drug-likeness (QED) is 0.902. The molecule has 5 heteroatoms. The number of methoxy groups -OCH3 is 1. The van der Waals surface area contributed by atoms with E-state index in [0.29, 0.717) is 12.6 Å². The Morgan fingerprint density at radius 2 is 2.00 bits per heavy atom. The van der Waals surface area contributed by atoms with Crippen LogP contribution in [0.2, 0.25) is 0 Å². The van der Waals surface area contributed by atoms with E-state index in [4.69, 9.17) is 4.74 Å². The standard InChI is InChI=1S/C19H29N3O2/c1-14-12-15(4-7-18(14)24-3)13-21(2)19(23)20-16-8-10-22(11-9-16)17-5-6-17/h4,7,12,16-17H,5-6,8-11,13H2,1-3H3,(H,20,23). The van der Waals surface area contributed by atoms with Gasteiger partial charge in [0, 0.05) is 38.8 Å². The van der Waals surface area contributed by atoms with Crippen LogP contribution in [0.25, 0.3) is 0 Å². The summed E-state index contributed by atoms with van der Waals surface area (Å²) in [5.74, 6) is 0.883. The Labute approximate surface area is 145 Å². The van der Waals surface area contributed by atoms with Gasteiger partial charge in [-0.05, 0) is 49.8 Å². The van der Waals surface area contributed by atoms with Gasteiger partial charge in [-0.3, -0.25) is 0 Å². The average molecular weight is 331 g/mol. The molecule has 1 saturated heterocycles. The van der Waals surface area contributed by atoms with Crippen molar-refractivity contribution in [1.82, 2.24) is 15.1 Å². The van der Waals surface area contributed by atoms with Crippen LogP contribution in [0.1, 0.15) is 36.8 Å². The van der Waals surface area contributed by atoms with Crippen molar-refractivity contribution in [3.63, 3.8) is 0 Å². The fourth-order valence-electron chi connectivity index (χ4n) is 3.52. The molecule has 0 unspecified atom stereocenters. The lowest BCUT2D eigenvalue weighted by molar-refractivity contribution is 0.173. The Balaban J connectivity index is 1.47. The number of hydrogen-bond donors (Lipinski definition) is 1. The van der Waals surface area contributed by atoms with Crippen LogP contribution < -0.4 is 10.1 Å². The predicted molar refractivity (Wildman–Crippen MR) is 95.3 cm³/mol. The first kappa shape index (κ1) is 17.1. The van der Waals surface area contributed by atoms with Crippen molar-refractivity contribution in [2.75, 3.05) is 27.2 Å². The zero-order valence-electron chi connectivity index (χ0n) is 15.0. The summed E-state index contributed by atoms with van der Waals surface area (Å²) < 4.78 is 5.29. The van der Waals surface area contributed by atoms with Crippen molar-refractivity contribution in [2.45, 2.75) is 51.2 Å². The van der Waals surface area contributed by atoms with Gasteiger partial charge in [-0.1, -0.05) is 12.1 Å². The SMILES string of the molecule is COc1ccc(CN(C)C(=O)NC2CCN(C3CC3)CC2)cc1C. The third kappa shape index (κ3) is 4.20. The highest BCUT2D eigenvalue weighted by Gasteiger charge is 2.32. The van der Waals surface area contributed by atoms with Crippen LogP contribution in [-0.2, 0) is 6.54 Å². The van der Waals surface area contributed by atoms with Crippen molar-refractivity contribution in [3.8, 4) is 5.75 Å². The zero-order valence-corrected chi connectivity index (χ0v) is 15.0. The molecule has 2 aliphatic rings. The number of ether oxygens (including phenoxy) is 1. The molecule has 2 fully saturated rings. The number of aryl methyl sites for hydroxylation is 1. The molecular formula is C19H29N3O2. The number of nitrogens with zero attached hydrogens (tertiary/aromatic N) is 2. The first-order valence-corrected chi connectivity index (χ1v) is 8.96. The summed E-state index contributed by atoms with van der Waals surface area (Å²) in [5, 5.41) is 3.19. The van der Waals surface area contributed by atoms with Crippen molar-refractivity contribution in [2.24, 2.45) is 0 Å². The van der Waals surface area contributed by atoms with Gasteiger partial charge in [0.1, 0.15) is 5.75 Å². The molecule has 1 saturated carbocycles. The second kappa shape index (κ2) is 7.43. The summed E-state index contributed by atoms with van der Waals surface area (Å²) in [6.07, 6.45) is 4.86. The highest BCUT2D eigenvalue weighted by Crippen LogP contribution is 2.29. The van der Waals surface area contributed by atoms with Crippen LogP contribution in [0, 0.1) is 6.92 Å². The fraction of sp³-hybridized carbons (Fsp3) is 0.632. The topological polar surface area (TPSA) is 44.8 Å². The van der Waals surface area contributed by atoms with Gasteiger partial charge in [-0.15, -0.1) is 0 Å². The van der Waals surface area contributed by atoms with Gasteiger partial charge in [-0.2, -0.15) is 0 Å². The van der Waals surface area contributed by atoms with Gasteiger partial charge in [0.15, 0.2) is 0 Å². The first-order valence-electron chi connectivity index (χ1n) is 8.96. The van der Waals surface area contributed by atoms with Gasteiger partial charge in [0.25, 0.3) is 0 Å². The second-order valence-corrected chi connectivity index (χ2v) is 7.15. The fourth-order valence-corrected chi connectivity index (χ4v) is 3.52. The Kier molecular flexibility index (Phi) is 5.29. The van der Waals surface area contributed by atoms with E-state index in [1.807, 2.05) is 26.1 Å². The predicted octanol–water partition coefficient (Wildman–Crippen LogP) is 2.77. The van der Waals surface area contributed by atoms with Gasteiger partial charge >= 0.3 is 6.03 Å². The molecule has 0 atom stereocenters. The lowest BCUT2D eigenvalue weighted by Gasteiger charge is -2.33. The van der Waals surface area contributed by atoms with Crippen LogP contribution in [0.5, 0.6) is 5.75 Å². The Hall–Kier alpha value is -1.75. The average Bonchev–Trinajstić information content (AvgIpc) is 3.40. The maximum Gasteiger partial charge on any atom is 0.317 e. The van der Waals surface area contributed by atoms with Gasteiger partial charge < -0.3 is 19.9 Å². The molecule has 1 aromatic rings. The molecule has 5 nitrogen and oxygen atoms in total. The zero-order chi connectivity index (χ0) is 17.1. The van der Waals surface area contributed by atoms with E-state index in [-0.39, 0.29) is 6.03 Å². The van der Waals surface area contributed by atoms with Gasteiger partial charge in [0.05, 0.1) is 7.11 Å². The Bertz CT molecular complexity index is 578. The molecule has 0 bridgehead atoms. The highest BCUT2D eigenvalue weighted by molar-refractivity contribution is 5.74. The molecule has 1 N–H and O–H groups in total. The second-order valence-electron chi connectivity index (χ2n) is 7.15. The van der Waals surface area contributed by atoms with E-state index in [2.05, 4.69) is 16.3 Å². The van der Waals surface area contributed by atoms with E-state index in [9.17, 15) is 4.79 Å². The number of carbonyl (C=O) groups is 1. The van der Waals surface area contributed by atoms with E-state index < -0.39 is 0 Å². The maximum atomic E-state index is 12.4. The lowest BCUT2D eigenvalue weighted by Crippen LogP contribution is -2.48. The van der Waals surface area contributed by atoms with E-state index >= 15 is 0 Å². The van der Waals surface area contributed by atoms with Crippen molar-refractivity contribution >= 4 is 6.03 Å². The van der Waals surface area contributed by atoms with Crippen molar-refractivity contribution in [3.05, 3.63) is 29.3 Å². The molecular weight excluding hydrogens is 302 g/mol. The summed E-state index contributed by atoms with van der Waals surface area (Å²) in [4.78, 5) is 16.8. The van der Waals surface area contributed by atoms with Crippen LogP contribution in [-0.4, -0.2) is 55.2 Å². The molecule has 2 amide bonds. The number of rotatable bonds is 5. The lowest BCUT2D eigenvalue weighted by atomic mass is 10.1. The largest absolute Gasteiger partial charge is 0.496 e. The number of urea groups is 1. The summed E-state index contributed by atoms with van der Waals surface area (Å²) >= 11 is 0. The molecule has 24 heavy (non-hydrogen) atoms. The minimum absolute atomic E-state index is 0.0216. The summed E-state index contributed by atoms with van der Waals surface area (Å²) in [7, 11) is 3.53. The van der Waals surface area contributed by atoms with Crippen molar-refractivity contribution < 1.29 is 9.53 Å². The van der Waals surface area contributed by atoms with Crippen LogP contribution in [0.3, 0.4) is 0 Å². The number of amides is 2. The normalized spacial score (nSPS) is 19.1. The number of piperidine rings is 1. The van der Waals surface area contributed by atoms with Crippen LogP contribution in [0.15, 0.2) is 18.2 Å². The Morgan fingerprint density at radius 1 is 1.29 bits per heavy atom. The van der Waals surface area contributed by atoms with Gasteiger partial charge in [-0.25, -0.2) is 4.79 Å². The van der Waals surface area contributed by atoms with Crippen LogP contribution >= 0.6 is 0 Å². The van der Waals surface area contributed by atoms with Crippen molar-refractivity contribution in [1.29, 1.82) is 0 Å². The third-order valence-electron chi connectivity index (χ3n) is 5.15. The molecule has 1 aromatic carbocycles. The molecule has 132 valence electrons. The van der Waals surface area contributed by atoms with E-state index in [0.717, 1.165) is 48.8 Å². The third-order valence-corrected chi connectivity index (χ3v) is 5.15. The molecule has 0 spiro atoms. The molecule has 0 aromatic heterocycles. The van der Waals surface area contributed by atoms with E-state index in [1.54, 1.807) is 12.0 Å². The van der Waals surface area contributed by atoms with E-state index in [1.165, 1.54) is 12.8 Å². The molecule has 1 aliphatic heterocycles. The number of likely N-dealkylation sites (tertiary alicyclic amines) is 1. The summed E-state index contributed by atoms with van der Waals surface area (Å²) in [5.41, 5.74) is 2.21. The molecule has 3 rings (SSSR count). The minimum Gasteiger partial charge on any atom is -0.496 e. The number of benzene rings is 1. The van der Waals surface area contributed by atoms with Crippen LogP contribution in [0.4, 0.5) is 4.79 Å². The maximum absolute atomic E-state index is 12.4. The highest BCUT2D eigenvalue weighted by atomic mass is 16.5.